The fourth-order valence-corrected chi connectivity index (χ4v) is 17.7. The maximum Gasteiger partial charge on any atom is 0.162 e. The van der Waals surface area contributed by atoms with Gasteiger partial charge in [-0.15, -0.1) is 0 Å². The van der Waals surface area contributed by atoms with E-state index in [0.717, 1.165) is 19.3 Å². The van der Waals surface area contributed by atoms with Gasteiger partial charge in [0.1, 0.15) is 0 Å². The number of benzene rings is 6. The fraction of sp³-hybridized carbons (Fsp3) is 0.333. The summed E-state index contributed by atoms with van der Waals surface area (Å²) in [5.41, 5.74) is 17.0. The minimum absolute atomic E-state index is 0.0797. The first-order valence-corrected chi connectivity index (χ1v) is 24.7. The van der Waals surface area contributed by atoms with Gasteiger partial charge < -0.3 is 0 Å². The third-order valence-corrected chi connectivity index (χ3v) is 20.0. The number of allylic oxidation sites excluding steroid dienone is 4. The van der Waals surface area contributed by atoms with E-state index in [0.29, 0.717) is 0 Å². The lowest BCUT2D eigenvalue weighted by molar-refractivity contribution is 0.584. The average Bonchev–Trinajstić information content (AvgIpc) is 3.41. The minimum atomic E-state index is -3.32. The highest BCUT2D eigenvalue weighted by Crippen LogP contribution is 2.54. The lowest BCUT2D eigenvalue weighted by atomic mass is 9.82. The highest BCUT2D eigenvalue weighted by Gasteiger charge is 2.59. The molecule has 0 aliphatic heterocycles. The van der Waals surface area contributed by atoms with Crippen LogP contribution in [0.15, 0.2) is 168 Å². The zero-order valence-electron chi connectivity index (χ0n) is 39.6. The Kier molecular flexibility index (Phi) is 12.1. The van der Waals surface area contributed by atoms with Crippen molar-refractivity contribution in [2.75, 3.05) is 0 Å². The lowest BCUT2D eigenvalue weighted by Gasteiger charge is -2.51. The normalized spacial score (nSPS) is 16.2. The van der Waals surface area contributed by atoms with Gasteiger partial charge >= 0.3 is 0 Å². The van der Waals surface area contributed by atoms with Gasteiger partial charge in [-0.25, -0.2) is 0 Å². The first-order valence-electron chi connectivity index (χ1n) is 22.7. The Morgan fingerprint density at radius 3 is 0.934 bits per heavy atom. The van der Waals surface area contributed by atoms with Crippen LogP contribution in [-0.2, 0) is 35.5 Å². The molecule has 0 fully saturated rings. The zero-order chi connectivity index (χ0) is 44.0. The smallest absolute Gasteiger partial charge is 0.0730 e. The Balaban J connectivity index is 1.81. The molecule has 1 aliphatic carbocycles. The average molecular weight is 819 g/mol. The highest BCUT2D eigenvalue weighted by atomic mass is 28.3. The molecule has 0 aromatic heterocycles. The second-order valence-electron chi connectivity index (χ2n) is 21.3. The SMILES string of the molecule is CC1=CC(C)([Si](c2cccc(C(C)(C)C)c2Cc2ccccc2)(c2cccc(C(C)(C)C)c2Cc2ccccc2)c2cccc(C(C)(C)C)c2Cc2ccccc2)C(C)=C1C. The fourth-order valence-electron chi connectivity index (χ4n) is 10.9. The minimum Gasteiger partial charge on any atom is -0.0730 e. The highest BCUT2D eigenvalue weighted by molar-refractivity contribution is 7.14. The Morgan fingerprint density at radius 1 is 0.393 bits per heavy atom. The summed E-state index contributed by atoms with van der Waals surface area (Å²) in [6.45, 7) is 31.6. The molecule has 0 amide bonds. The van der Waals surface area contributed by atoms with E-state index in [1.54, 1.807) is 15.6 Å². The van der Waals surface area contributed by atoms with Gasteiger partial charge in [-0.2, -0.15) is 0 Å². The van der Waals surface area contributed by atoms with E-state index in [1.165, 1.54) is 66.8 Å². The quantitative estimate of drug-likeness (QED) is 0.0954. The van der Waals surface area contributed by atoms with Crippen molar-refractivity contribution in [1.29, 1.82) is 0 Å². The molecule has 7 rings (SSSR count). The molecule has 0 spiro atoms. The van der Waals surface area contributed by atoms with E-state index in [2.05, 4.69) is 242 Å². The van der Waals surface area contributed by atoms with E-state index in [-0.39, 0.29) is 21.3 Å². The summed E-state index contributed by atoms with van der Waals surface area (Å²) in [6, 6.07) is 56.2. The van der Waals surface area contributed by atoms with Crippen LogP contribution >= 0.6 is 0 Å². The van der Waals surface area contributed by atoms with Gasteiger partial charge in [0.2, 0.25) is 0 Å². The molecule has 6 aromatic carbocycles. The maximum absolute atomic E-state index is 3.32. The molecule has 0 nitrogen and oxygen atoms in total. The van der Waals surface area contributed by atoms with E-state index >= 15 is 0 Å². The van der Waals surface area contributed by atoms with Crippen molar-refractivity contribution in [1.82, 2.24) is 0 Å². The second kappa shape index (κ2) is 16.7. The molecule has 6 aromatic rings. The summed E-state index contributed by atoms with van der Waals surface area (Å²) in [5.74, 6) is 0. The van der Waals surface area contributed by atoms with Crippen LogP contribution in [0.2, 0.25) is 5.04 Å². The third kappa shape index (κ3) is 8.24. The van der Waals surface area contributed by atoms with Crippen LogP contribution in [0.1, 0.15) is 140 Å². The molecular weight excluding hydrogens is 749 g/mol. The van der Waals surface area contributed by atoms with Crippen LogP contribution in [0.4, 0.5) is 0 Å². The standard InChI is InChI=1S/C60H70Si/c1-42-41-60(13,44(3)43(42)2)61(54-35-23-32-51(57(4,5)6)48(54)38-45-26-17-14-18-27-45,55-36-24-33-52(58(7,8)9)49(55)39-46-28-19-15-20-29-46)56-37-25-34-53(59(10,11)12)50(56)40-47-30-21-16-22-31-47/h14-37,41H,38-40H2,1-13H3. The Bertz CT molecular complexity index is 2320. The van der Waals surface area contributed by atoms with Gasteiger partial charge in [-0.3, -0.25) is 0 Å². The van der Waals surface area contributed by atoms with Crippen LogP contribution in [0.3, 0.4) is 0 Å². The molecule has 0 bridgehead atoms. The largest absolute Gasteiger partial charge is 0.162 e. The summed E-state index contributed by atoms with van der Waals surface area (Å²) < 4.78 is 0. The van der Waals surface area contributed by atoms with Crippen LogP contribution < -0.4 is 15.6 Å². The summed E-state index contributed by atoms with van der Waals surface area (Å²) >= 11 is 0. The van der Waals surface area contributed by atoms with Gasteiger partial charge in [0.15, 0.2) is 8.07 Å². The molecule has 1 atom stereocenters. The molecule has 314 valence electrons. The Hall–Kier alpha value is -4.98. The monoisotopic (exact) mass is 819 g/mol. The second-order valence-corrected chi connectivity index (χ2v) is 25.4. The molecule has 0 saturated heterocycles. The summed E-state index contributed by atoms with van der Waals surface area (Å²) in [6.07, 6.45) is 5.35. The Morgan fingerprint density at radius 2 is 0.689 bits per heavy atom. The number of hydrogen-bond donors (Lipinski definition) is 0. The van der Waals surface area contributed by atoms with E-state index in [9.17, 15) is 0 Å². The van der Waals surface area contributed by atoms with Gasteiger partial charge in [-0.05, 0) is 127 Å². The molecule has 0 radical (unpaired) electrons. The molecule has 1 heteroatoms. The van der Waals surface area contributed by atoms with Crippen molar-refractivity contribution >= 4 is 23.6 Å². The van der Waals surface area contributed by atoms with Crippen molar-refractivity contribution < 1.29 is 0 Å². The van der Waals surface area contributed by atoms with Crippen LogP contribution in [0, 0.1) is 0 Å². The van der Waals surface area contributed by atoms with Gasteiger partial charge in [0.05, 0.1) is 0 Å². The molecule has 0 heterocycles. The Labute approximate surface area is 370 Å². The molecule has 1 unspecified atom stereocenters. The molecule has 61 heavy (non-hydrogen) atoms. The number of rotatable bonds is 10. The van der Waals surface area contributed by atoms with Crippen LogP contribution in [0.25, 0.3) is 0 Å². The first-order chi connectivity index (χ1) is 28.8. The van der Waals surface area contributed by atoms with Gasteiger partial charge in [-0.1, -0.05) is 232 Å². The van der Waals surface area contributed by atoms with E-state index in [4.69, 9.17) is 0 Å². The van der Waals surface area contributed by atoms with Crippen molar-refractivity contribution in [2.45, 2.75) is 131 Å². The third-order valence-electron chi connectivity index (χ3n) is 14.1. The van der Waals surface area contributed by atoms with Crippen molar-refractivity contribution in [3.63, 3.8) is 0 Å². The predicted octanol–water partition coefficient (Wildman–Crippen LogP) is 13.9. The summed E-state index contributed by atoms with van der Waals surface area (Å²) in [4.78, 5) is 0. The topological polar surface area (TPSA) is 0 Å². The predicted molar refractivity (Wildman–Crippen MR) is 268 cm³/mol. The summed E-state index contributed by atoms with van der Waals surface area (Å²) in [5, 5.41) is 4.33. The molecule has 0 saturated carbocycles. The van der Waals surface area contributed by atoms with Crippen molar-refractivity contribution in [2.24, 2.45) is 0 Å². The van der Waals surface area contributed by atoms with Crippen LogP contribution in [0.5, 0.6) is 0 Å². The maximum atomic E-state index is 2.73. The zero-order valence-corrected chi connectivity index (χ0v) is 40.6. The summed E-state index contributed by atoms with van der Waals surface area (Å²) in [7, 11) is -3.32. The number of hydrogen-bond acceptors (Lipinski definition) is 0. The molecule has 1 aliphatic rings. The molecule has 0 N–H and O–H groups in total. The lowest BCUT2D eigenvalue weighted by Crippen LogP contribution is -2.75. The van der Waals surface area contributed by atoms with E-state index in [1.807, 2.05) is 0 Å². The molecular formula is C60H70Si. The van der Waals surface area contributed by atoms with E-state index < -0.39 is 8.07 Å². The van der Waals surface area contributed by atoms with Gasteiger partial charge in [0.25, 0.3) is 0 Å². The first kappa shape index (κ1) is 44.1. The van der Waals surface area contributed by atoms with Gasteiger partial charge in [0, 0.05) is 5.04 Å². The van der Waals surface area contributed by atoms with Crippen molar-refractivity contribution in [3.8, 4) is 0 Å². The van der Waals surface area contributed by atoms with Crippen LogP contribution in [-0.4, -0.2) is 8.07 Å². The van der Waals surface area contributed by atoms with Crippen molar-refractivity contribution in [3.05, 3.63) is 218 Å².